The van der Waals surface area contributed by atoms with Crippen molar-refractivity contribution in [1.82, 2.24) is 4.90 Å². The van der Waals surface area contributed by atoms with Crippen molar-refractivity contribution < 1.29 is 9.90 Å². The normalized spacial score (nSPS) is 21.1. The molecule has 1 aliphatic rings. The average Bonchev–Trinajstić information content (AvgIpc) is 3.05. The van der Waals surface area contributed by atoms with Crippen molar-refractivity contribution in [2.24, 2.45) is 0 Å². The summed E-state index contributed by atoms with van der Waals surface area (Å²) in [5.74, 6) is -0.163. The Balaban J connectivity index is 1.82. The van der Waals surface area contributed by atoms with Crippen LogP contribution in [-0.4, -0.2) is 20.1 Å². The number of hydrogen-bond acceptors (Lipinski definition) is 4. The maximum absolute atomic E-state index is 12.9. The molecule has 1 N–H and O–H groups in total. The lowest BCUT2D eigenvalue weighted by atomic mass is 9.96. The first-order chi connectivity index (χ1) is 14.5. The fourth-order valence-electron chi connectivity index (χ4n) is 3.67. The van der Waals surface area contributed by atoms with Crippen LogP contribution in [0.2, 0.25) is 0 Å². The number of rotatable bonds is 5. The molecule has 3 aromatic carbocycles. The number of thiocarbonyl (C=S) groups is 1. The minimum Gasteiger partial charge on any atom is -0.363 e. The predicted octanol–water partition coefficient (Wildman–Crippen LogP) is 5.69. The van der Waals surface area contributed by atoms with Gasteiger partial charge in [0.15, 0.2) is 11.5 Å². The molecule has 5 heteroatoms. The summed E-state index contributed by atoms with van der Waals surface area (Å²) in [6.07, 6.45) is 1.51. The monoisotopic (exact) mass is 431 g/mol. The van der Waals surface area contributed by atoms with Gasteiger partial charge in [0.25, 0.3) is 0 Å². The summed E-state index contributed by atoms with van der Waals surface area (Å²) in [7, 11) is 0. The van der Waals surface area contributed by atoms with E-state index in [4.69, 9.17) is 12.2 Å². The lowest BCUT2D eigenvalue weighted by Crippen LogP contribution is -2.45. The Morgan fingerprint density at radius 3 is 2.10 bits per heavy atom. The number of carbonyl (C=O) groups excluding carboxylic acids is 1. The SMILES string of the molecule is CC(c1ccccc1)N1C(=S)S/C(=C\C(=O)c2ccccc2)C1(O)c1ccccc1. The van der Waals surface area contributed by atoms with Gasteiger partial charge in [0.2, 0.25) is 0 Å². The summed E-state index contributed by atoms with van der Waals surface area (Å²) >= 11 is 6.96. The van der Waals surface area contributed by atoms with Crippen molar-refractivity contribution in [1.29, 1.82) is 0 Å². The largest absolute Gasteiger partial charge is 0.363 e. The van der Waals surface area contributed by atoms with E-state index in [1.54, 1.807) is 12.1 Å². The minimum absolute atomic E-state index is 0.163. The van der Waals surface area contributed by atoms with Crippen LogP contribution in [0.3, 0.4) is 0 Å². The summed E-state index contributed by atoms with van der Waals surface area (Å²) in [5, 5.41) is 12.1. The van der Waals surface area contributed by atoms with Crippen molar-refractivity contribution in [3.05, 3.63) is 119 Å². The van der Waals surface area contributed by atoms with Gasteiger partial charge in [0.05, 0.1) is 10.9 Å². The first kappa shape index (κ1) is 20.5. The van der Waals surface area contributed by atoms with Crippen LogP contribution in [0.4, 0.5) is 0 Å². The van der Waals surface area contributed by atoms with Crippen LogP contribution < -0.4 is 0 Å². The van der Waals surface area contributed by atoms with Crippen molar-refractivity contribution in [3.8, 4) is 0 Å². The van der Waals surface area contributed by atoms with Gasteiger partial charge in [-0.2, -0.15) is 0 Å². The molecule has 1 fully saturated rings. The maximum Gasteiger partial charge on any atom is 0.199 e. The average molecular weight is 432 g/mol. The smallest absolute Gasteiger partial charge is 0.199 e. The van der Waals surface area contributed by atoms with Crippen molar-refractivity contribution >= 4 is 34.1 Å². The Morgan fingerprint density at radius 1 is 0.967 bits per heavy atom. The lowest BCUT2D eigenvalue weighted by molar-refractivity contribution is -0.0455. The van der Waals surface area contributed by atoms with E-state index in [1.807, 2.05) is 90.7 Å². The maximum atomic E-state index is 12.9. The van der Waals surface area contributed by atoms with Gasteiger partial charge in [-0.25, -0.2) is 0 Å². The van der Waals surface area contributed by atoms with Crippen molar-refractivity contribution in [3.63, 3.8) is 0 Å². The van der Waals surface area contributed by atoms with Gasteiger partial charge in [0, 0.05) is 17.2 Å². The van der Waals surface area contributed by atoms with Crippen LogP contribution in [0.5, 0.6) is 0 Å². The molecule has 3 nitrogen and oxygen atoms in total. The van der Waals surface area contributed by atoms with Crippen LogP contribution in [0.1, 0.15) is 34.5 Å². The third-order valence-electron chi connectivity index (χ3n) is 5.25. The van der Waals surface area contributed by atoms with Gasteiger partial charge in [-0.15, -0.1) is 0 Å². The molecule has 1 aliphatic heterocycles. The van der Waals surface area contributed by atoms with Gasteiger partial charge < -0.3 is 10.0 Å². The molecule has 0 saturated carbocycles. The van der Waals surface area contributed by atoms with Crippen LogP contribution in [0.25, 0.3) is 0 Å². The molecule has 0 aromatic heterocycles. The van der Waals surface area contributed by atoms with Crippen molar-refractivity contribution in [2.75, 3.05) is 0 Å². The Kier molecular flexibility index (Phi) is 5.86. The highest BCUT2D eigenvalue weighted by molar-refractivity contribution is 8.25. The molecule has 3 aromatic rings. The molecule has 0 aliphatic carbocycles. The number of thioether (sulfide) groups is 1. The highest BCUT2D eigenvalue weighted by atomic mass is 32.2. The molecule has 0 bridgehead atoms. The molecule has 1 heterocycles. The Morgan fingerprint density at radius 2 is 1.50 bits per heavy atom. The fraction of sp³-hybridized carbons (Fsp3) is 0.120. The number of ketones is 1. The summed E-state index contributed by atoms with van der Waals surface area (Å²) in [4.78, 5) is 15.2. The van der Waals surface area contributed by atoms with Crippen LogP contribution in [-0.2, 0) is 5.72 Å². The quantitative estimate of drug-likeness (QED) is 0.319. The summed E-state index contributed by atoms with van der Waals surface area (Å²) < 4.78 is 0.532. The highest BCUT2D eigenvalue weighted by Gasteiger charge is 2.50. The Hall–Kier alpha value is -2.73. The zero-order chi connectivity index (χ0) is 21.1. The highest BCUT2D eigenvalue weighted by Crippen LogP contribution is 2.52. The minimum atomic E-state index is -1.53. The standard InChI is InChI=1S/C25H21NO2S2/c1-18(19-11-5-2-6-12-19)26-24(29)30-23(17-22(27)20-13-7-3-8-14-20)25(26,28)21-15-9-4-10-16-21/h2-18,28H,1H3/b23-17-. The Bertz CT molecular complexity index is 1080. The number of benzene rings is 3. The van der Waals surface area contributed by atoms with E-state index in [-0.39, 0.29) is 11.8 Å². The van der Waals surface area contributed by atoms with Gasteiger partial charge in [-0.05, 0) is 12.5 Å². The van der Waals surface area contributed by atoms with E-state index < -0.39 is 5.72 Å². The predicted molar refractivity (Wildman–Crippen MR) is 126 cm³/mol. The molecule has 150 valence electrons. The van der Waals surface area contributed by atoms with Gasteiger partial charge >= 0.3 is 0 Å². The Labute approximate surface area is 186 Å². The summed E-state index contributed by atoms with van der Waals surface area (Å²) in [6.45, 7) is 2.01. The van der Waals surface area contributed by atoms with Gasteiger partial charge in [-0.1, -0.05) is 115 Å². The second-order valence-electron chi connectivity index (χ2n) is 7.10. The number of carbonyl (C=O) groups is 1. The molecule has 0 amide bonds. The molecule has 1 saturated heterocycles. The summed E-state index contributed by atoms with van der Waals surface area (Å²) in [5.41, 5.74) is 0.752. The topological polar surface area (TPSA) is 40.5 Å². The van der Waals surface area contributed by atoms with Crippen LogP contribution >= 0.6 is 24.0 Å². The van der Waals surface area contributed by atoms with E-state index in [1.165, 1.54) is 17.8 Å². The molecule has 0 spiro atoms. The van der Waals surface area contributed by atoms with E-state index >= 15 is 0 Å². The number of allylic oxidation sites excluding steroid dienone is 1. The molecular formula is C25H21NO2S2. The van der Waals surface area contributed by atoms with Crippen molar-refractivity contribution in [2.45, 2.75) is 18.7 Å². The zero-order valence-electron chi connectivity index (χ0n) is 16.4. The molecule has 30 heavy (non-hydrogen) atoms. The third-order valence-corrected chi connectivity index (χ3v) is 6.69. The summed E-state index contributed by atoms with van der Waals surface area (Å²) in [6, 6.07) is 28.2. The van der Waals surface area contributed by atoms with E-state index in [0.717, 1.165) is 5.56 Å². The molecule has 4 rings (SSSR count). The first-order valence-electron chi connectivity index (χ1n) is 9.67. The fourth-order valence-corrected chi connectivity index (χ4v) is 5.33. The van der Waals surface area contributed by atoms with E-state index in [0.29, 0.717) is 20.4 Å². The van der Waals surface area contributed by atoms with Crippen LogP contribution in [0, 0.1) is 0 Å². The number of nitrogens with zero attached hydrogens (tertiary/aromatic N) is 1. The van der Waals surface area contributed by atoms with E-state index in [2.05, 4.69) is 0 Å². The molecule has 2 unspecified atom stereocenters. The molecule has 0 radical (unpaired) electrons. The number of hydrogen-bond donors (Lipinski definition) is 1. The second-order valence-corrected chi connectivity index (χ2v) is 8.78. The lowest BCUT2D eigenvalue weighted by Gasteiger charge is -2.39. The second kappa shape index (κ2) is 8.56. The van der Waals surface area contributed by atoms with E-state index in [9.17, 15) is 9.90 Å². The first-order valence-corrected chi connectivity index (χ1v) is 10.9. The molecule has 2 atom stereocenters. The van der Waals surface area contributed by atoms with Gasteiger partial charge in [-0.3, -0.25) is 4.79 Å². The van der Waals surface area contributed by atoms with Crippen LogP contribution in [0.15, 0.2) is 102 Å². The van der Waals surface area contributed by atoms with Gasteiger partial charge in [0.1, 0.15) is 4.32 Å². The zero-order valence-corrected chi connectivity index (χ0v) is 18.1. The molecular weight excluding hydrogens is 410 g/mol. The number of aliphatic hydroxyl groups is 1. The third kappa shape index (κ3) is 3.72.